The normalized spacial score (nSPS) is 14.8. The molecule has 9 heteroatoms. The van der Waals surface area contributed by atoms with Crippen molar-refractivity contribution < 1.29 is 19.2 Å². The van der Waals surface area contributed by atoms with Crippen molar-refractivity contribution >= 4 is 23.7 Å². The Labute approximate surface area is 144 Å². The van der Waals surface area contributed by atoms with E-state index in [9.17, 15) is 19.7 Å². The highest BCUT2D eigenvalue weighted by Crippen LogP contribution is 2.26. The van der Waals surface area contributed by atoms with Crippen LogP contribution in [0.2, 0.25) is 0 Å². The number of rotatable bonds is 4. The quantitative estimate of drug-likeness (QED) is 0.383. The molecule has 0 spiro atoms. The number of hydrogen-bond acceptors (Lipinski definition) is 6. The third kappa shape index (κ3) is 5.00. The first-order valence-electron chi connectivity index (χ1n) is 7.97. The molecule has 25 heavy (non-hydrogen) atoms. The van der Waals surface area contributed by atoms with Gasteiger partial charge in [0.1, 0.15) is 0 Å². The van der Waals surface area contributed by atoms with Crippen molar-refractivity contribution in [2.45, 2.75) is 25.7 Å². The van der Waals surface area contributed by atoms with Gasteiger partial charge in [-0.15, -0.1) is 0 Å². The van der Waals surface area contributed by atoms with Gasteiger partial charge in [0.25, 0.3) is 0 Å². The molecular formula is C16H20N4O5. The highest BCUT2D eigenvalue weighted by Gasteiger charge is 2.22. The zero-order valence-electron chi connectivity index (χ0n) is 13.9. The molecule has 0 radical (unpaired) electrons. The third-order valence-corrected chi connectivity index (χ3v) is 3.87. The minimum absolute atomic E-state index is 0.127. The van der Waals surface area contributed by atoms with Gasteiger partial charge < -0.3 is 9.64 Å². The van der Waals surface area contributed by atoms with Gasteiger partial charge >= 0.3 is 17.5 Å². The standard InChI is InChI=1S/C16H20N4O5/c1-25-14-7-6-12(10-13(14)20(23)24)11-17-18-15(21)16(22)19-8-4-2-3-5-9-19/h6-7,10-11H,2-5,8-9H2,1H3,(H,18,21)/b17-11-. The largest absolute Gasteiger partial charge is 0.490 e. The van der Waals surface area contributed by atoms with Crippen LogP contribution in [0.25, 0.3) is 0 Å². The number of benzene rings is 1. The molecule has 1 aromatic carbocycles. The molecule has 1 aliphatic heterocycles. The first-order chi connectivity index (χ1) is 12.0. The van der Waals surface area contributed by atoms with Crippen molar-refractivity contribution in [2.75, 3.05) is 20.2 Å². The van der Waals surface area contributed by atoms with Gasteiger partial charge in [0.05, 0.1) is 18.2 Å². The van der Waals surface area contributed by atoms with E-state index in [-0.39, 0.29) is 11.4 Å². The molecule has 1 fully saturated rings. The number of carbonyl (C=O) groups is 2. The Balaban J connectivity index is 1.97. The second-order valence-electron chi connectivity index (χ2n) is 5.59. The second kappa shape index (κ2) is 8.76. The molecule has 9 nitrogen and oxygen atoms in total. The predicted octanol–water partition coefficient (Wildman–Crippen LogP) is 1.46. The fraction of sp³-hybridized carbons (Fsp3) is 0.438. The number of likely N-dealkylation sites (tertiary alicyclic amines) is 1. The lowest BCUT2D eigenvalue weighted by atomic mass is 10.2. The van der Waals surface area contributed by atoms with E-state index in [0.717, 1.165) is 25.7 Å². The lowest BCUT2D eigenvalue weighted by Gasteiger charge is -2.18. The van der Waals surface area contributed by atoms with Gasteiger partial charge in [0.2, 0.25) is 0 Å². The van der Waals surface area contributed by atoms with Gasteiger partial charge in [0.15, 0.2) is 5.75 Å². The zero-order chi connectivity index (χ0) is 18.2. The molecule has 2 amide bonds. The lowest BCUT2D eigenvalue weighted by Crippen LogP contribution is -2.41. The van der Waals surface area contributed by atoms with Gasteiger partial charge in [-0.3, -0.25) is 19.7 Å². The molecule has 1 aliphatic rings. The minimum Gasteiger partial charge on any atom is -0.490 e. The number of carbonyl (C=O) groups excluding carboxylic acids is 2. The zero-order valence-corrected chi connectivity index (χ0v) is 13.9. The molecule has 1 saturated heterocycles. The van der Waals surface area contributed by atoms with Gasteiger partial charge in [0, 0.05) is 24.7 Å². The van der Waals surface area contributed by atoms with Crippen LogP contribution in [0.5, 0.6) is 5.75 Å². The molecule has 1 N–H and O–H groups in total. The van der Waals surface area contributed by atoms with Crippen LogP contribution in [0, 0.1) is 10.1 Å². The smallest absolute Gasteiger partial charge is 0.329 e. The van der Waals surface area contributed by atoms with Crippen LogP contribution in [0.15, 0.2) is 23.3 Å². The Hall–Kier alpha value is -2.97. The van der Waals surface area contributed by atoms with Crippen LogP contribution in [0.3, 0.4) is 0 Å². The summed E-state index contributed by atoms with van der Waals surface area (Å²) in [5.41, 5.74) is 2.35. The number of ether oxygens (including phenoxy) is 1. The molecule has 0 unspecified atom stereocenters. The summed E-state index contributed by atoms with van der Waals surface area (Å²) in [5, 5.41) is 14.7. The number of nitro groups is 1. The molecular weight excluding hydrogens is 328 g/mol. The molecule has 1 heterocycles. The van der Waals surface area contributed by atoms with Crippen molar-refractivity contribution in [3.8, 4) is 5.75 Å². The van der Waals surface area contributed by atoms with E-state index in [4.69, 9.17) is 4.74 Å². The number of hydrogen-bond donors (Lipinski definition) is 1. The van der Waals surface area contributed by atoms with Crippen molar-refractivity contribution in [3.05, 3.63) is 33.9 Å². The summed E-state index contributed by atoms with van der Waals surface area (Å²) in [6.07, 6.45) is 5.12. The summed E-state index contributed by atoms with van der Waals surface area (Å²) in [7, 11) is 1.34. The number of nitrogens with one attached hydrogen (secondary N) is 1. The van der Waals surface area contributed by atoms with Gasteiger partial charge in [-0.25, -0.2) is 5.43 Å². The summed E-state index contributed by atoms with van der Waals surface area (Å²) < 4.78 is 4.91. The first-order valence-corrected chi connectivity index (χ1v) is 7.97. The van der Waals surface area contributed by atoms with Crippen LogP contribution in [-0.2, 0) is 9.59 Å². The maximum Gasteiger partial charge on any atom is 0.329 e. The topological polar surface area (TPSA) is 114 Å². The molecule has 0 atom stereocenters. The van der Waals surface area contributed by atoms with Gasteiger partial charge in [-0.05, 0) is 25.0 Å². The van der Waals surface area contributed by atoms with Crippen LogP contribution in [0.1, 0.15) is 31.2 Å². The number of methoxy groups -OCH3 is 1. The Morgan fingerprint density at radius 1 is 1.28 bits per heavy atom. The molecule has 0 saturated carbocycles. The van der Waals surface area contributed by atoms with Crippen molar-refractivity contribution in [2.24, 2.45) is 5.10 Å². The van der Waals surface area contributed by atoms with Crippen molar-refractivity contribution in [1.82, 2.24) is 10.3 Å². The van der Waals surface area contributed by atoms with E-state index >= 15 is 0 Å². The van der Waals surface area contributed by atoms with Crippen LogP contribution in [0.4, 0.5) is 5.69 Å². The van der Waals surface area contributed by atoms with E-state index in [0.29, 0.717) is 18.7 Å². The monoisotopic (exact) mass is 348 g/mol. The van der Waals surface area contributed by atoms with Crippen LogP contribution >= 0.6 is 0 Å². The Kier molecular flexibility index (Phi) is 6.44. The summed E-state index contributed by atoms with van der Waals surface area (Å²) in [6.45, 7) is 1.14. The highest BCUT2D eigenvalue weighted by molar-refractivity contribution is 6.35. The summed E-state index contributed by atoms with van der Waals surface area (Å²) in [5.74, 6) is -1.30. The van der Waals surface area contributed by atoms with E-state index < -0.39 is 16.7 Å². The second-order valence-corrected chi connectivity index (χ2v) is 5.59. The van der Waals surface area contributed by atoms with E-state index in [2.05, 4.69) is 10.5 Å². The van der Waals surface area contributed by atoms with E-state index in [1.54, 1.807) is 6.07 Å². The fourth-order valence-electron chi connectivity index (χ4n) is 2.56. The third-order valence-electron chi connectivity index (χ3n) is 3.87. The average molecular weight is 348 g/mol. The molecule has 1 aromatic rings. The molecule has 0 aromatic heterocycles. The van der Waals surface area contributed by atoms with E-state index in [1.807, 2.05) is 0 Å². The molecule has 0 aliphatic carbocycles. The predicted molar refractivity (Wildman–Crippen MR) is 90.4 cm³/mol. The van der Waals surface area contributed by atoms with Crippen molar-refractivity contribution in [1.29, 1.82) is 0 Å². The summed E-state index contributed by atoms with van der Waals surface area (Å²) >= 11 is 0. The maximum atomic E-state index is 12.1. The van der Waals surface area contributed by atoms with Gasteiger partial charge in [-0.1, -0.05) is 12.8 Å². The highest BCUT2D eigenvalue weighted by atomic mass is 16.6. The maximum absolute atomic E-state index is 12.1. The number of amides is 2. The number of hydrazone groups is 1. The fourth-order valence-corrected chi connectivity index (χ4v) is 2.56. The van der Waals surface area contributed by atoms with Gasteiger partial charge in [-0.2, -0.15) is 5.10 Å². The lowest BCUT2D eigenvalue weighted by molar-refractivity contribution is -0.385. The number of nitrogens with zero attached hydrogens (tertiary/aromatic N) is 3. The average Bonchev–Trinajstić information content (AvgIpc) is 2.90. The molecule has 134 valence electrons. The Bertz CT molecular complexity index is 681. The first kappa shape index (κ1) is 18.4. The SMILES string of the molecule is COc1ccc(/C=N\NC(=O)C(=O)N2CCCCCC2)cc1[N+](=O)[O-]. The summed E-state index contributed by atoms with van der Waals surface area (Å²) in [4.78, 5) is 35.9. The van der Waals surface area contributed by atoms with E-state index in [1.165, 1.54) is 30.4 Å². The molecule has 2 rings (SSSR count). The molecule has 0 bridgehead atoms. The van der Waals surface area contributed by atoms with Crippen LogP contribution < -0.4 is 10.2 Å². The summed E-state index contributed by atoms with van der Waals surface area (Å²) in [6, 6.07) is 4.26. The van der Waals surface area contributed by atoms with Crippen molar-refractivity contribution in [3.63, 3.8) is 0 Å². The minimum atomic E-state index is -0.818. The number of nitro benzene ring substituents is 1. The Morgan fingerprint density at radius 2 is 1.96 bits per heavy atom. The van der Waals surface area contributed by atoms with Crippen LogP contribution in [-0.4, -0.2) is 48.1 Å². The Morgan fingerprint density at radius 3 is 2.56 bits per heavy atom.